The largest absolute Gasteiger partial charge is 0.453 e. The zero-order chi connectivity index (χ0) is 8.15. The van der Waals surface area contributed by atoms with E-state index in [4.69, 9.17) is 0 Å². The molecule has 0 N–H and O–H groups in total. The Balaban J connectivity index is 3.61. The van der Waals surface area contributed by atoms with Gasteiger partial charge in [0.15, 0.2) is 0 Å². The summed E-state index contributed by atoms with van der Waals surface area (Å²) in [5.41, 5.74) is 0. The molecule has 0 aliphatic rings. The highest BCUT2D eigenvalue weighted by Crippen LogP contribution is 2.08. The summed E-state index contributed by atoms with van der Waals surface area (Å²) in [6.07, 6.45) is -0.330. The van der Waals surface area contributed by atoms with Crippen LogP contribution in [0.2, 0.25) is 0 Å². The van der Waals surface area contributed by atoms with Gasteiger partial charge in [-0.1, -0.05) is 31.9 Å². The molecule has 0 saturated heterocycles. The lowest BCUT2D eigenvalue weighted by atomic mass is 10.7. The minimum atomic E-state index is -0.330. The summed E-state index contributed by atoms with van der Waals surface area (Å²) in [5, 5.41) is 0. The maximum Gasteiger partial charge on any atom is 0.409 e. The summed E-state index contributed by atoms with van der Waals surface area (Å²) in [6.45, 7) is 0.576. The van der Waals surface area contributed by atoms with Crippen LogP contribution in [0.15, 0.2) is 0 Å². The quantitative estimate of drug-likeness (QED) is 0.719. The molecular weight excluding hydrogens is 266 g/mol. The highest BCUT2D eigenvalue weighted by Gasteiger charge is 2.10. The van der Waals surface area contributed by atoms with Gasteiger partial charge in [-0.05, 0) is 0 Å². The molecule has 0 heterocycles. The molecule has 0 aliphatic carbocycles. The lowest BCUT2D eigenvalue weighted by Gasteiger charge is -2.15. The van der Waals surface area contributed by atoms with Crippen LogP contribution < -0.4 is 0 Å². The first kappa shape index (κ1) is 10.2. The molecule has 0 aliphatic heterocycles. The van der Waals surface area contributed by atoms with E-state index < -0.39 is 0 Å². The number of hydrogen-bond acceptors (Lipinski definition) is 2. The van der Waals surface area contributed by atoms with Crippen molar-refractivity contribution < 1.29 is 9.53 Å². The molecule has 0 radical (unpaired) electrons. The Bertz CT molecular complexity index is 118. The zero-order valence-electron chi connectivity index (χ0n) is 5.80. The molecule has 0 spiro atoms. The molecule has 60 valence electrons. The first-order chi connectivity index (χ1) is 4.57. The van der Waals surface area contributed by atoms with Crippen LogP contribution in [0.5, 0.6) is 0 Å². The number of alkyl halides is 2. The lowest BCUT2D eigenvalue weighted by molar-refractivity contribution is 0.135. The smallest absolute Gasteiger partial charge is 0.409 e. The molecule has 1 amide bonds. The van der Waals surface area contributed by atoms with Gasteiger partial charge >= 0.3 is 6.09 Å². The number of hydrogen-bond donors (Lipinski definition) is 0. The van der Waals surface area contributed by atoms with Gasteiger partial charge in [0, 0.05) is 13.6 Å². The van der Waals surface area contributed by atoms with Gasteiger partial charge in [-0.2, -0.15) is 0 Å². The standard InChI is InChI=1S/C5H9Br2NO2/c1-8(3-4(6)7)5(9)10-2/h4H,3H2,1-2H3. The van der Waals surface area contributed by atoms with Crippen molar-refractivity contribution in [2.24, 2.45) is 0 Å². The number of rotatable bonds is 2. The first-order valence-corrected chi connectivity index (χ1v) is 4.48. The third-order valence-electron chi connectivity index (χ3n) is 0.898. The molecule has 0 saturated carbocycles. The van der Waals surface area contributed by atoms with Gasteiger partial charge in [-0.3, -0.25) is 0 Å². The van der Waals surface area contributed by atoms with Crippen LogP contribution in [0.1, 0.15) is 0 Å². The fraction of sp³-hybridized carbons (Fsp3) is 0.800. The SMILES string of the molecule is COC(=O)N(C)CC(Br)Br. The van der Waals surface area contributed by atoms with Crippen LogP contribution in [0.4, 0.5) is 4.79 Å². The van der Waals surface area contributed by atoms with Crippen molar-refractivity contribution in [2.75, 3.05) is 20.7 Å². The Morgan fingerprint density at radius 1 is 1.70 bits per heavy atom. The maximum atomic E-state index is 10.7. The molecule has 0 aromatic carbocycles. The number of halogens is 2. The molecular formula is C5H9Br2NO2. The van der Waals surface area contributed by atoms with Crippen molar-refractivity contribution in [2.45, 2.75) is 3.74 Å². The summed E-state index contributed by atoms with van der Waals surface area (Å²) >= 11 is 6.48. The fourth-order valence-electron chi connectivity index (χ4n) is 0.437. The Labute approximate surface area is 77.0 Å². The highest BCUT2D eigenvalue weighted by molar-refractivity contribution is 9.24. The van der Waals surface area contributed by atoms with Crippen LogP contribution in [0.3, 0.4) is 0 Å². The van der Waals surface area contributed by atoms with E-state index in [2.05, 4.69) is 36.6 Å². The van der Waals surface area contributed by atoms with Crippen molar-refractivity contribution >= 4 is 38.0 Å². The number of amides is 1. The molecule has 0 fully saturated rings. The molecule has 0 aromatic heterocycles. The van der Waals surface area contributed by atoms with Crippen LogP contribution in [0, 0.1) is 0 Å². The Kier molecular flexibility index (Phi) is 5.07. The minimum Gasteiger partial charge on any atom is -0.453 e. The van der Waals surface area contributed by atoms with Gasteiger partial charge in [0.05, 0.1) is 10.8 Å². The van der Waals surface area contributed by atoms with E-state index in [-0.39, 0.29) is 9.83 Å². The molecule has 10 heavy (non-hydrogen) atoms. The molecule has 0 bridgehead atoms. The normalized spacial score (nSPS) is 9.70. The summed E-state index contributed by atoms with van der Waals surface area (Å²) in [6, 6.07) is 0. The van der Waals surface area contributed by atoms with E-state index in [0.29, 0.717) is 6.54 Å². The Morgan fingerprint density at radius 2 is 2.20 bits per heavy atom. The zero-order valence-corrected chi connectivity index (χ0v) is 8.98. The van der Waals surface area contributed by atoms with Gasteiger partial charge in [0.25, 0.3) is 0 Å². The van der Waals surface area contributed by atoms with Crippen molar-refractivity contribution in [1.29, 1.82) is 0 Å². The van der Waals surface area contributed by atoms with Gasteiger partial charge < -0.3 is 9.64 Å². The second kappa shape index (κ2) is 4.96. The first-order valence-electron chi connectivity index (χ1n) is 2.65. The topological polar surface area (TPSA) is 29.5 Å². The van der Waals surface area contributed by atoms with Gasteiger partial charge in [-0.25, -0.2) is 4.79 Å². The fourth-order valence-corrected chi connectivity index (χ4v) is 1.31. The summed E-state index contributed by atoms with van der Waals surface area (Å²) in [7, 11) is 3.03. The number of carbonyl (C=O) groups is 1. The van der Waals surface area contributed by atoms with Crippen LogP contribution in [-0.2, 0) is 4.74 Å². The van der Waals surface area contributed by atoms with Crippen molar-refractivity contribution in [3.63, 3.8) is 0 Å². The Morgan fingerprint density at radius 3 is 2.50 bits per heavy atom. The third kappa shape index (κ3) is 4.11. The van der Waals surface area contributed by atoms with Gasteiger partial charge in [-0.15, -0.1) is 0 Å². The molecule has 0 atom stereocenters. The molecule has 5 heteroatoms. The molecule has 0 aromatic rings. The summed E-state index contributed by atoms with van der Waals surface area (Å²) < 4.78 is 4.57. The van der Waals surface area contributed by atoms with Crippen LogP contribution in [0.25, 0.3) is 0 Å². The minimum absolute atomic E-state index is 0.115. The predicted octanol–water partition coefficient (Wildman–Crippen LogP) is 1.80. The van der Waals surface area contributed by atoms with Crippen LogP contribution in [-0.4, -0.2) is 35.4 Å². The van der Waals surface area contributed by atoms with Gasteiger partial charge in [0.2, 0.25) is 0 Å². The number of nitrogens with zero attached hydrogens (tertiary/aromatic N) is 1. The number of methoxy groups -OCH3 is 1. The van der Waals surface area contributed by atoms with E-state index in [9.17, 15) is 4.79 Å². The number of carbonyl (C=O) groups excluding carboxylic acids is 1. The lowest BCUT2D eigenvalue weighted by Crippen LogP contribution is -2.30. The van der Waals surface area contributed by atoms with E-state index in [1.807, 2.05) is 0 Å². The van der Waals surface area contributed by atoms with E-state index in [1.165, 1.54) is 12.0 Å². The van der Waals surface area contributed by atoms with Gasteiger partial charge in [0.1, 0.15) is 0 Å². The summed E-state index contributed by atoms with van der Waals surface area (Å²) in [4.78, 5) is 12.2. The average Bonchev–Trinajstić information content (AvgIpc) is 1.85. The second-order valence-corrected chi connectivity index (χ2v) is 5.18. The molecule has 0 rings (SSSR count). The van der Waals surface area contributed by atoms with Crippen molar-refractivity contribution in [3.8, 4) is 0 Å². The maximum absolute atomic E-state index is 10.7. The number of ether oxygens (including phenoxy) is 1. The van der Waals surface area contributed by atoms with Crippen molar-refractivity contribution in [3.05, 3.63) is 0 Å². The monoisotopic (exact) mass is 273 g/mol. The predicted molar refractivity (Wildman–Crippen MR) is 46.7 cm³/mol. The third-order valence-corrected chi connectivity index (χ3v) is 1.48. The van der Waals surface area contributed by atoms with Crippen LogP contribution >= 0.6 is 31.9 Å². The molecule has 0 unspecified atom stereocenters. The van der Waals surface area contributed by atoms with E-state index >= 15 is 0 Å². The van der Waals surface area contributed by atoms with E-state index in [0.717, 1.165) is 0 Å². The second-order valence-electron chi connectivity index (χ2n) is 1.74. The summed E-state index contributed by atoms with van der Waals surface area (Å²) in [5.74, 6) is 0. The highest BCUT2D eigenvalue weighted by atomic mass is 79.9. The Hall–Kier alpha value is 0.230. The van der Waals surface area contributed by atoms with Crippen molar-refractivity contribution in [1.82, 2.24) is 4.90 Å². The van der Waals surface area contributed by atoms with E-state index in [1.54, 1.807) is 7.05 Å². The average molecular weight is 275 g/mol. The molecule has 3 nitrogen and oxygen atoms in total.